The molecule has 0 aromatic heterocycles. The van der Waals surface area contributed by atoms with Gasteiger partial charge in [0.15, 0.2) is 0 Å². The lowest BCUT2D eigenvalue weighted by molar-refractivity contribution is -0.0361. The van der Waals surface area contributed by atoms with Crippen molar-refractivity contribution in [3.05, 3.63) is 0 Å². The molecule has 1 fully saturated rings. The zero-order valence-corrected chi connectivity index (χ0v) is 8.92. The van der Waals surface area contributed by atoms with Crippen molar-refractivity contribution in [3.8, 4) is 0 Å². The van der Waals surface area contributed by atoms with Crippen LogP contribution in [0.3, 0.4) is 0 Å². The average Bonchev–Trinajstić information content (AvgIpc) is 2.18. The predicted molar refractivity (Wildman–Crippen MR) is 55.4 cm³/mol. The van der Waals surface area contributed by atoms with Crippen molar-refractivity contribution in [2.45, 2.75) is 52.1 Å². The Hall–Kier alpha value is -0.0800. The quantitative estimate of drug-likeness (QED) is 0.705. The van der Waals surface area contributed by atoms with Crippen LogP contribution in [0.25, 0.3) is 0 Å². The molecule has 1 aliphatic rings. The van der Waals surface area contributed by atoms with Crippen molar-refractivity contribution < 1.29 is 5.11 Å². The highest BCUT2D eigenvalue weighted by atomic mass is 16.3. The highest BCUT2D eigenvalue weighted by Gasteiger charge is 2.41. The first-order chi connectivity index (χ1) is 6.17. The molecule has 13 heavy (non-hydrogen) atoms. The van der Waals surface area contributed by atoms with Gasteiger partial charge in [-0.1, -0.05) is 33.1 Å². The van der Waals surface area contributed by atoms with Gasteiger partial charge in [0, 0.05) is 12.0 Å². The SMILES string of the molecule is CCC(O)C1(CN)CCCCC1C. The Labute approximate surface area is 81.5 Å². The van der Waals surface area contributed by atoms with E-state index in [1.807, 2.05) is 6.92 Å². The third kappa shape index (κ3) is 1.89. The molecule has 1 rings (SSSR count). The zero-order valence-electron chi connectivity index (χ0n) is 8.92. The molecular weight excluding hydrogens is 162 g/mol. The van der Waals surface area contributed by atoms with E-state index in [0.29, 0.717) is 12.5 Å². The van der Waals surface area contributed by atoms with Crippen LogP contribution in [-0.2, 0) is 0 Å². The first-order valence-corrected chi connectivity index (χ1v) is 5.55. The number of hydrogen-bond donors (Lipinski definition) is 2. The van der Waals surface area contributed by atoms with E-state index in [0.717, 1.165) is 12.8 Å². The summed E-state index contributed by atoms with van der Waals surface area (Å²) >= 11 is 0. The lowest BCUT2D eigenvalue weighted by atomic mass is 9.63. The smallest absolute Gasteiger partial charge is 0.0608 e. The summed E-state index contributed by atoms with van der Waals surface area (Å²) in [4.78, 5) is 0. The number of hydrogen-bond acceptors (Lipinski definition) is 2. The van der Waals surface area contributed by atoms with E-state index in [1.165, 1.54) is 19.3 Å². The van der Waals surface area contributed by atoms with E-state index in [9.17, 15) is 5.11 Å². The molecule has 0 heterocycles. The molecule has 0 aromatic rings. The van der Waals surface area contributed by atoms with Crippen LogP contribution in [0.4, 0.5) is 0 Å². The summed E-state index contributed by atoms with van der Waals surface area (Å²) in [5.74, 6) is 0.584. The lowest BCUT2D eigenvalue weighted by Crippen LogP contribution is -2.48. The van der Waals surface area contributed by atoms with Crippen molar-refractivity contribution in [2.75, 3.05) is 6.54 Å². The van der Waals surface area contributed by atoms with Crippen molar-refractivity contribution in [1.82, 2.24) is 0 Å². The van der Waals surface area contributed by atoms with Crippen molar-refractivity contribution >= 4 is 0 Å². The molecule has 1 aliphatic carbocycles. The van der Waals surface area contributed by atoms with E-state index >= 15 is 0 Å². The van der Waals surface area contributed by atoms with Crippen molar-refractivity contribution in [3.63, 3.8) is 0 Å². The Balaban J connectivity index is 2.75. The molecule has 2 nitrogen and oxygen atoms in total. The summed E-state index contributed by atoms with van der Waals surface area (Å²) in [7, 11) is 0. The summed E-state index contributed by atoms with van der Waals surface area (Å²) in [6.45, 7) is 4.93. The standard InChI is InChI=1S/C11H23NO/c1-3-10(13)11(8-12)7-5-4-6-9(11)2/h9-10,13H,3-8,12H2,1-2H3. The molecule has 0 bridgehead atoms. The maximum Gasteiger partial charge on any atom is 0.0608 e. The first-order valence-electron chi connectivity index (χ1n) is 5.55. The summed E-state index contributed by atoms with van der Waals surface area (Å²) in [5.41, 5.74) is 5.87. The molecule has 3 N–H and O–H groups in total. The van der Waals surface area contributed by atoms with Crippen LogP contribution >= 0.6 is 0 Å². The Morgan fingerprint density at radius 3 is 2.69 bits per heavy atom. The van der Waals surface area contributed by atoms with Gasteiger partial charge in [-0.3, -0.25) is 0 Å². The predicted octanol–water partition coefficient (Wildman–Crippen LogP) is 1.91. The van der Waals surface area contributed by atoms with Gasteiger partial charge in [-0.25, -0.2) is 0 Å². The molecule has 0 aromatic carbocycles. The summed E-state index contributed by atoms with van der Waals surface area (Å²) in [6.07, 6.45) is 5.51. The first kappa shape index (κ1) is 11.0. The van der Waals surface area contributed by atoms with Crippen LogP contribution in [-0.4, -0.2) is 17.8 Å². The van der Waals surface area contributed by atoms with Gasteiger partial charge < -0.3 is 10.8 Å². The monoisotopic (exact) mass is 185 g/mol. The third-order valence-corrected chi connectivity index (χ3v) is 3.94. The molecule has 0 amide bonds. The number of rotatable bonds is 3. The van der Waals surface area contributed by atoms with Gasteiger partial charge in [0.25, 0.3) is 0 Å². The van der Waals surface area contributed by atoms with Gasteiger partial charge in [0.1, 0.15) is 0 Å². The summed E-state index contributed by atoms with van der Waals surface area (Å²) in [6, 6.07) is 0. The largest absolute Gasteiger partial charge is 0.393 e. The summed E-state index contributed by atoms with van der Waals surface area (Å²) < 4.78 is 0. The summed E-state index contributed by atoms with van der Waals surface area (Å²) in [5, 5.41) is 10.0. The Morgan fingerprint density at radius 1 is 1.54 bits per heavy atom. The fourth-order valence-electron chi connectivity index (χ4n) is 2.78. The van der Waals surface area contributed by atoms with Gasteiger partial charge in [-0.05, 0) is 18.8 Å². The Bertz CT molecular complexity index is 154. The fourth-order valence-corrected chi connectivity index (χ4v) is 2.78. The molecule has 0 spiro atoms. The second-order valence-electron chi connectivity index (χ2n) is 4.51. The highest BCUT2D eigenvalue weighted by Crippen LogP contribution is 2.43. The molecule has 1 saturated carbocycles. The minimum atomic E-state index is -0.201. The molecule has 0 radical (unpaired) electrons. The number of aliphatic hydroxyl groups excluding tert-OH is 1. The van der Waals surface area contributed by atoms with Gasteiger partial charge in [0.2, 0.25) is 0 Å². The van der Waals surface area contributed by atoms with Crippen molar-refractivity contribution in [1.29, 1.82) is 0 Å². The molecule has 0 aliphatic heterocycles. The van der Waals surface area contributed by atoms with Crippen LogP contribution in [0, 0.1) is 11.3 Å². The maximum absolute atomic E-state index is 10.0. The minimum absolute atomic E-state index is 0.0208. The van der Waals surface area contributed by atoms with Crippen LogP contribution in [0.2, 0.25) is 0 Å². The van der Waals surface area contributed by atoms with E-state index in [-0.39, 0.29) is 11.5 Å². The van der Waals surface area contributed by atoms with Gasteiger partial charge >= 0.3 is 0 Å². The fraction of sp³-hybridized carbons (Fsp3) is 1.00. The van der Waals surface area contributed by atoms with E-state index in [1.54, 1.807) is 0 Å². The van der Waals surface area contributed by atoms with Crippen LogP contribution in [0.5, 0.6) is 0 Å². The normalized spacial score (nSPS) is 37.4. The van der Waals surface area contributed by atoms with E-state index in [4.69, 9.17) is 5.73 Å². The highest BCUT2D eigenvalue weighted by molar-refractivity contribution is 4.93. The zero-order chi connectivity index (χ0) is 9.90. The minimum Gasteiger partial charge on any atom is -0.393 e. The van der Waals surface area contributed by atoms with Crippen molar-refractivity contribution in [2.24, 2.45) is 17.1 Å². The second kappa shape index (κ2) is 4.43. The third-order valence-electron chi connectivity index (χ3n) is 3.94. The Kier molecular flexibility index (Phi) is 3.74. The molecule has 2 heteroatoms. The lowest BCUT2D eigenvalue weighted by Gasteiger charge is -2.45. The van der Waals surface area contributed by atoms with E-state index in [2.05, 4.69) is 6.92 Å². The topological polar surface area (TPSA) is 46.2 Å². The average molecular weight is 185 g/mol. The second-order valence-corrected chi connectivity index (χ2v) is 4.51. The molecule has 3 unspecified atom stereocenters. The number of nitrogens with two attached hydrogens (primary N) is 1. The van der Waals surface area contributed by atoms with Crippen LogP contribution in [0.15, 0.2) is 0 Å². The Morgan fingerprint density at radius 2 is 2.23 bits per heavy atom. The van der Waals surface area contributed by atoms with E-state index < -0.39 is 0 Å². The van der Waals surface area contributed by atoms with Crippen LogP contribution in [0.1, 0.15) is 46.0 Å². The van der Waals surface area contributed by atoms with Gasteiger partial charge in [0.05, 0.1) is 6.10 Å². The maximum atomic E-state index is 10.0. The van der Waals surface area contributed by atoms with Gasteiger partial charge in [-0.2, -0.15) is 0 Å². The number of aliphatic hydroxyl groups is 1. The molecule has 0 saturated heterocycles. The van der Waals surface area contributed by atoms with Gasteiger partial charge in [-0.15, -0.1) is 0 Å². The van der Waals surface area contributed by atoms with Crippen LogP contribution < -0.4 is 5.73 Å². The molecule has 78 valence electrons. The molecular formula is C11H23NO. The molecule has 3 atom stereocenters.